The molecule has 3 unspecified atom stereocenters. The molecule has 1 aliphatic carbocycles. The molecule has 4 atom stereocenters. The van der Waals surface area contributed by atoms with E-state index >= 15 is 0 Å². The minimum absolute atomic E-state index is 0. The minimum Gasteiger partial charge on any atom is -1.00 e. The number of halogens is 1. The van der Waals surface area contributed by atoms with E-state index in [1.165, 1.54) is 38.9 Å². The maximum absolute atomic E-state index is 2.81. The molecule has 4 heteroatoms. The molecular formula is C20H32BrN3. The highest BCUT2D eigenvalue weighted by molar-refractivity contribution is 5.31. The highest BCUT2D eigenvalue weighted by atomic mass is 79.9. The fourth-order valence-electron chi connectivity index (χ4n) is 5.51. The summed E-state index contributed by atoms with van der Waals surface area (Å²) in [6, 6.07) is 2.65. The number of fused-ring (bicyclic) bond motifs is 4. The first-order valence-electron chi connectivity index (χ1n) is 9.55. The van der Waals surface area contributed by atoms with Gasteiger partial charge in [0.05, 0.1) is 12.1 Å². The van der Waals surface area contributed by atoms with Crippen LogP contribution >= 0.6 is 0 Å². The topological polar surface area (TPSA) is 10.9 Å². The highest BCUT2D eigenvalue weighted by Crippen LogP contribution is 2.35. The van der Waals surface area contributed by atoms with Crippen molar-refractivity contribution >= 4 is 0 Å². The van der Waals surface area contributed by atoms with Crippen molar-refractivity contribution < 1.29 is 21.9 Å². The molecule has 0 saturated carbocycles. The summed E-state index contributed by atoms with van der Waals surface area (Å²) in [5.41, 5.74) is 4.91. The second kappa shape index (κ2) is 7.06. The van der Waals surface area contributed by atoms with Crippen molar-refractivity contribution in [3.8, 4) is 0 Å². The summed E-state index contributed by atoms with van der Waals surface area (Å²) in [4.78, 5) is 7.18. The Balaban J connectivity index is 0.00000169. The van der Waals surface area contributed by atoms with Crippen molar-refractivity contribution in [1.82, 2.24) is 9.80 Å². The molecule has 0 radical (unpaired) electrons. The Morgan fingerprint density at radius 3 is 2.79 bits per heavy atom. The van der Waals surface area contributed by atoms with Gasteiger partial charge < -0.3 is 17.0 Å². The number of allylic oxidation sites excluding steroid dienone is 2. The first-order chi connectivity index (χ1) is 11.1. The standard InChI is InChI=1S/C20H31N3.BrH/c1-5-21-10-11-22(14(2)3)20-18-12-16-8-6-7-9-17(16)23(18)13-15(4)19(20)21;/h7,9,13-14,18-20H,5-6,8,10-12H2,1-4H3;1H/t18-,19?,20?;/m0./s1. The predicted octanol–water partition coefficient (Wildman–Crippen LogP) is -1.05. The average molecular weight is 394 g/mol. The fraction of sp³-hybridized carbons (Fsp3) is 0.700. The van der Waals surface area contributed by atoms with Crippen LogP contribution < -0.4 is 21.9 Å². The molecule has 24 heavy (non-hydrogen) atoms. The maximum Gasteiger partial charge on any atom is 0.135 e. The van der Waals surface area contributed by atoms with E-state index in [0.29, 0.717) is 24.2 Å². The van der Waals surface area contributed by atoms with E-state index in [-0.39, 0.29) is 17.0 Å². The van der Waals surface area contributed by atoms with Crippen LogP contribution in [-0.2, 0) is 0 Å². The van der Waals surface area contributed by atoms with Gasteiger partial charge in [-0.15, -0.1) is 0 Å². The van der Waals surface area contributed by atoms with Crippen molar-refractivity contribution in [2.45, 2.75) is 71.1 Å². The maximum atomic E-state index is 2.81. The monoisotopic (exact) mass is 393 g/mol. The molecule has 0 aromatic heterocycles. The zero-order valence-electron chi connectivity index (χ0n) is 15.6. The van der Waals surface area contributed by atoms with E-state index in [0.717, 1.165) is 0 Å². The van der Waals surface area contributed by atoms with Crippen LogP contribution in [0.2, 0.25) is 0 Å². The van der Waals surface area contributed by atoms with E-state index in [1.54, 1.807) is 21.7 Å². The lowest BCUT2D eigenvalue weighted by atomic mass is 9.84. The van der Waals surface area contributed by atoms with Gasteiger partial charge in [0.25, 0.3) is 0 Å². The van der Waals surface area contributed by atoms with E-state index in [4.69, 9.17) is 0 Å². The van der Waals surface area contributed by atoms with Gasteiger partial charge in [-0.05, 0) is 57.4 Å². The molecule has 0 bridgehead atoms. The molecular weight excluding hydrogens is 362 g/mol. The summed E-state index contributed by atoms with van der Waals surface area (Å²) in [7, 11) is 0. The average Bonchev–Trinajstić information content (AvgIpc) is 2.92. The number of piperazine rings is 1. The first kappa shape index (κ1) is 18.4. The largest absolute Gasteiger partial charge is 1.00 e. The number of likely N-dealkylation sites (N-methyl/N-ethyl adjacent to an activating group) is 1. The Hall–Kier alpha value is -0.420. The van der Waals surface area contributed by atoms with Gasteiger partial charge in [0, 0.05) is 25.6 Å². The number of hydrogen-bond donors (Lipinski definition) is 1. The van der Waals surface area contributed by atoms with Gasteiger partial charge in [-0.1, -0.05) is 13.0 Å². The summed E-state index contributed by atoms with van der Waals surface area (Å²) in [6.45, 7) is 13.1. The summed E-state index contributed by atoms with van der Waals surface area (Å²) < 4.78 is 0. The van der Waals surface area contributed by atoms with Crippen molar-refractivity contribution in [3.05, 3.63) is 35.2 Å². The number of hydrogen-bond acceptors (Lipinski definition) is 2. The molecule has 0 amide bonds. The minimum atomic E-state index is 0. The lowest BCUT2D eigenvalue weighted by molar-refractivity contribution is -0.831. The van der Waals surface area contributed by atoms with Gasteiger partial charge in [0.1, 0.15) is 17.9 Å². The summed E-state index contributed by atoms with van der Waals surface area (Å²) in [5, 5.41) is 0. The Morgan fingerprint density at radius 1 is 1.29 bits per heavy atom. The number of nitrogens with one attached hydrogen (secondary N) is 1. The second-order valence-electron chi connectivity index (χ2n) is 8.01. The van der Waals surface area contributed by atoms with Crippen LogP contribution in [0.15, 0.2) is 35.2 Å². The third kappa shape index (κ3) is 2.76. The van der Waals surface area contributed by atoms with Crippen molar-refractivity contribution in [3.63, 3.8) is 0 Å². The molecule has 3 aliphatic heterocycles. The van der Waals surface area contributed by atoms with Crippen LogP contribution in [0.5, 0.6) is 0 Å². The highest BCUT2D eigenvalue weighted by Gasteiger charge is 2.52. The van der Waals surface area contributed by atoms with Crippen LogP contribution in [-0.4, -0.2) is 53.6 Å². The van der Waals surface area contributed by atoms with Gasteiger partial charge in [0.15, 0.2) is 0 Å². The molecule has 1 N–H and O–H groups in total. The molecule has 0 spiro atoms. The molecule has 0 aromatic carbocycles. The Morgan fingerprint density at radius 2 is 2.08 bits per heavy atom. The number of quaternary nitrogens is 1. The van der Waals surface area contributed by atoms with Crippen LogP contribution in [0.1, 0.15) is 47.0 Å². The normalized spacial score (nSPS) is 36.1. The summed E-state index contributed by atoms with van der Waals surface area (Å²) in [6.07, 6.45) is 11.2. The van der Waals surface area contributed by atoms with Gasteiger partial charge in [-0.25, -0.2) is 0 Å². The van der Waals surface area contributed by atoms with E-state index < -0.39 is 0 Å². The Bertz CT molecular complexity index is 577. The zero-order valence-corrected chi connectivity index (χ0v) is 17.1. The lowest BCUT2D eigenvalue weighted by Gasteiger charge is -2.53. The third-order valence-electron chi connectivity index (χ3n) is 6.53. The molecule has 0 aromatic rings. The molecule has 3 heterocycles. The smallest absolute Gasteiger partial charge is 0.135 e. The third-order valence-corrected chi connectivity index (χ3v) is 6.53. The van der Waals surface area contributed by atoms with Crippen LogP contribution in [0.25, 0.3) is 0 Å². The fourth-order valence-corrected chi connectivity index (χ4v) is 5.51. The van der Waals surface area contributed by atoms with E-state index in [2.05, 4.69) is 55.8 Å². The molecule has 3 nitrogen and oxygen atoms in total. The molecule has 4 rings (SSSR count). The van der Waals surface area contributed by atoms with E-state index in [9.17, 15) is 0 Å². The molecule has 1 saturated heterocycles. The first-order valence-corrected chi connectivity index (χ1v) is 9.55. The van der Waals surface area contributed by atoms with Gasteiger partial charge >= 0.3 is 0 Å². The molecule has 1 fully saturated rings. The second-order valence-corrected chi connectivity index (χ2v) is 8.01. The Kier molecular flexibility index (Phi) is 5.41. The number of rotatable bonds is 2. The van der Waals surface area contributed by atoms with Gasteiger partial charge in [0.2, 0.25) is 0 Å². The van der Waals surface area contributed by atoms with Crippen LogP contribution in [0.3, 0.4) is 0 Å². The van der Waals surface area contributed by atoms with Crippen molar-refractivity contribution in [1.29, 1.82) is 0 Å². The summed E-state index contributed by atoms with van der Waals surface area (Å²) >= 11 is 0. The predicted molar refractivity (Wildman–Crippen MR) is 95.2 cm³/mol. The van der Waals surface area contributed by atoms with E-state index in [1.807, 2.05) is 0 Å². The number of nitrogens with zero attached hydrogens (tertiary/aromatic N) is 2. The molecule has 4 aliphatic rings. The molecule has 134 valence electrons. The van der Waals surface area contributed by atoms with Crippen molar-refractivity contribution in [2.24, 2.45) is 0 Å². The van der Waals surface area contributed by atoms with Gasteiger partial charge in [-0.3, -0.25) is 14.7 Å². The summed E-state index contributed by atoms with van der Waals surface area (Å²) in [5.74, 6) is 0. The van der Waals surface area contributed by atoms with Gasteiger partial charge in [-0.2, -0.15) is 0 Å². The van der Waals surface area contributed by atoms with Crippen molar-refractivity contribution in [2.75, 3.05) is 19.6 Å². The SMILES string of the molecule is CCN1CCN(C(C)C)C2C1C(C)=C[NH+]1C3=C(CCC=C3)C[C@@H]21.[Br-]. The zero-order chi connectivity index (χ0) is 16.1. The quantitative estimate of drug-likeness (QED) is 0.641. The van der Waals surface area contributed by atoms with Crippen LogP contribution in [0, 0.1) is 0 Å². The lowest BCUT2D eigenvalue weighted by Crippen LogP contribution is -3.12. The Labute approximate surface area is 157 Å². The van der Waals surface area contributed by atoms with Crippen LogP contribution in [0.4, 0.5) is 0 Å².